The van der Waals surface area contributed by atoms with Gasteiger partial charge in [-0.05, 0) is 37.2 Å². The molecule has 1 aliphatic rings. The fourth-order valence-electron chi connectivity index (χ4n) is 2.28. The predicted molar refractivity (Wildman–Crippen MR) is 82.8 cm³/mol. The second-order valence-corrected chi connectivity index (χ2v) is 5.79. The minimum Gasteiger partial charge on any atom is -0.497 e. The summed E-state index contributed by atoms with van der Waals surface area (Å²) in [6, 6.07) is 7.88. The first-order valence-corrected chi connectivity index (χ1v) is 7.76. The second-order valence-electron chi connectivity index (χ2n) is 4.93. The Hall–Kier alpha value is -1.92. The van der Waals surface area contributed by atoms with E-state index >= 15 is 0 Å². The fourth-order valence-corrected chi connectivity index (χ4v) is 3.09. The Morgan fingerprint density at radius 3 is 2.90 bits per heavy atom. The molecule has 1 fully saturated rings. The van der Waals surface area contributed by atoms with E-state index in [4.69, 9.17) is 4.74 Å². The number of aromatic nitrogens is 1. The summed E-state index contributed by atoms with van der Waals surface area (Å²) in [5.41, 5.74) is 1.47. The number of benzene rings is 1. The van der Waals surface area contributed by atoms with E-state index in [9.17, 15) is 4.79 Å². The number of hydrogen-bond donors (Lipinski definition) is 2. The predicted octanol–water partition coefficient (Wildman–Crippen LogP) is 1.91. The Balaban J connectivity index is 1.71. The van der Waals surface area contributed by atoms with E-state index < -0.39 is 0 Å². The number of nitrogens with zero attached hydrogens (tertiary/aromatic N) is 1. The maximum Gasteiger partial charge on any atom is 0.271 e. The van der Waals surface area contributed by atoms with Gasteiger partial charge in [-0.3, -0.25) is 4.79 Å². The molecule has 2 heterocycles. The van der Waals surface area contributed by atoms with Crippen LogP contribution in [-0.4, -0.2) is 37.1 Å². The molecular formula is C15H17N3O2S. The average Bonchev–Trinajstić information content (AvgIpc) is 3.18. The summed E-state index contributed by atoms with van der Waals surface area (Å²) < 4.78 is 5.14. The highest BCUT2D eigenvalue weighted by Gasteiger charge is 2.19. The molecular weight excluding hydrogens is 286 g/mol. The zero-order chi connectivity index (χ0) is 14.7. The number of thiazole rings is 1. The summed E-state index contributed by atoms with van der Waals surface area (Å²) in [5.74, 6) is 0.710. The van der Waals surface area contributed by atoms with Gasteiger partial charge in [-0.25, -0.2) is 4.98 Å². The van der Waals surface area contributed by atoms with Crippen molar-refractivity contribution in [2.24, 2.45) is 0 Å². The highest BCUT2D eigenvalue weighted by Crippen LogP contribution is 2.25. The van der Waals surface area contributed by atoms with Gasteiger partial charge in [0.05, 0.1) is 7.11 Å². The van der Waals surface area contributed by atoms with Crippen LogP contribution in [0.3, 0.4) is 0 Å². The molecule has 1 aliphatic heterocycles. The first-order chi connectivity index (χ1) is 10.3. The van der Waals surface area contributed by atoms with E-state index in [1.54, 1.807) is 12.5 Å². The van der Waals surface area contributed by atoms with Crippen LogP contribution < -0.4 is 15.4 Å². The minimum absolute atomic E-state index is 0.0975. The van der Waals surface area contributed by atoms with E-state index in [1.165, 1.54) is 11.3 Å². The van der Waals surface area contributed by atoms with Crippen molar-refractivity contribution in [2.75, 3.05) is 20.2 Å². The smallest absolute Gasteiger partial charge is 0.271 e. The van der Waals surface area contributed by atoms with Gasteiger partial charge in [-0.1, -0.05) is 0 Å². The highest BCUT2D eigenvalue weighted by atomic mass is 32.1. The van der Waals surface area contributed by atoms with E-state index in [0.717, 1.165) is 35.8 Å². The lowest BCUT2D eigenvalue weighted by molar-refractivity contribution is 0.0936. The van der Waals surface area contributed by atoms with Crippen molar-refractivity contribution in [3.63, 3.8) is 0 Å². The lowest BCUT2D eigenvalue weighted by atomic mass is 10.2. The van der Waals surface area contributed by atoms with Gasteiger partial charge in [0.1, 0.15) is 16.5 Å². The van der Waals surface area contributed by atoms with Crippen molar-refractivity contribution in [3.8, 4) is 16.3 Å². The van der Waals surface area contributed by atoms with Crippen LogP contribution in [0, 0.1) is 0 Å². The molecule has 5 nitrogen and oxygen atoms in total. The molecule has 0 spiro atoms. The van der Waals surface area contributed by atoms with Gasteiger partial charge in [-0.2, -0.15) is 0 Å². The third kappa shape index (κ3) is 3.22. The monoisotopic (exact) mass is 303 g/mol. The zero-order valence-electron chi connectivity index (χ0n) is 11.8. The van der Waals surface area contributed by atoms with Crippen LogP contribution in [0.2, 0.25) is 0 Å². The zero-order valence-corrected chi connectivity index (χ0v) is 12.6. The summed E-state index contributed by atoms with van der Waals surface area (Å²) in [5, 5.41) is 8.87. The van der Waals surface area contributed by atoms with Crippen molar-refractivity contribution >= 4 is 17.2 Å². The lowest BCUT2D eigenvalue weighted by Crippen LogP contribution is -2.36. The van der Waals surface area contributed by atoms with E-state index in [2.05, 4.69) is 15.6 Å². The molecule has 0 bridgehead atoms. The van der Waals surface area contributed by atoms with Gasteiger partial charge in [0.2, 0.25) is 0 Å². The number of rotatable bonds is 4. The number of methoxy groups -OCH3 is 1. The van der Waals surface area contributed by atoms with E-state index in [1.807, 2.05) is 24.3 Å². The molecule has 1 aromatic heterocycles. The molecule has 21 heavy (non-hydrogen) atoms. The topological polar surface area (TPSA) is 63.2 Å². The van der Waals surface area contributed by atoms with Gasteiger partial charge in [0, 0.05) is 23.5 Å². The minimum atomic E-state index is -0.0975. The Labute approximate surface area is 127 Å². The summed E-state index contributed by atoms with van der Waals surface area (Å²) in [6.07, 6.45) is 0.973. The molecule has 6 heteroatoms. The van der Waals surface area contributed by atoms with Gasteiger partial charge in [0.15, 0.2) is 0 Å². The van der Waals surface area contributed by atoms with Crippen LogP contribution >= 0.6 is 11.3 Å². The number of amides is 1. The first kappa shape index (κ1) is 14.0. The molecule has 1 unspecified atom stereocenters. The first-order valence-electron chi connectivity index (χ1n) is 6.88. The average molecular weight is 303 g/mol. The Bertz CT molecular complexity index is 618. The largest absolute Gasteiger partial charge is 0.497 e. The van der Waals surface area contributed by atoms with Crippen LogP contribution in [0.25, 0.3) is 10.6 Å². The molecule has 3 rings (SSSR count). The van der Waals surface area contributed by atoms with Gasteiger partial charge >= 0.3 is 0 Å². The van der Waals surface area contributed by atoms with Crippen LogP contribution in [0.15, 0.2) is 29.6 Å². The van der Waals surface area contributed by atoms with Crippen molar-refractivity contribution < 1.29 is 9.53 Å². The summed E-state index contributed by atoms with van der Waals surface area (Å²) >= 11 is 1.47. The summed E-state index contributed by atoms with van der Waals surface area (Å²) in [4.78, 5) is 16.6. The normalized spacial score (nSPS) is 17.7. The maximum atomic E-state index is 12.1. The van der Waals surface area contributed by atoms with Crippen molar-refractivity contribution in [1.29, 1.82) is 0 Å². The van der Waals surface area contributed by atoms with Crippen LogP contribution in [0.5, 0.6) is 5.75 Å². The molecule has 1 amide bonds. The number of hydrogen-bond acceptors (Lipinski definition) is 5. The molecule has 1 aromatic carbocycles. The van der Waals surface area contributed by atoms with Gasteiger partial charge in [-0.15, -0.1) is 11.3 Å². The summed E-state index contributed by atoms with van der Waals surface area (Å²) in [7, 11) is 1.64. The molecule has 2 aromatic rings. The van der Waals surface area contributed by atoms with Crippen molar-refractivity contribution in [3.05, 3.63) is 35.3 Å². The van der Waals surface area contributed by atoms with E-state index in [0.29, 0.717) is 5.69 Å². The van der Waals surface area contributed by atoms with Crippen LogP contribution in [-0.2, 0) is 0 Å². The maximum absolute atomic E-state index is 12.1. The quantitative estimate of drug-likeness (QED) is 0.905. The van der Waals surface area contributed by atoms with Gasteiger partial charge in [0.25, 0.3) is 5.91 Å². The molecule has 1 atom stereocenters. The van der Waals surface area contributed by atoms with Gasteiger partial charge < -0.3 is 15.4 Å². The fraction of sp³-hybridized carbons (Fsp3) is 0.333. The highest BCUT2D eigenvalue weighted by molar-refractivity contribution is 7.13. The van der Waals surface area contributed by atoms with Crippen molar-refractivity contribution in [2.45, 2.75) is 12.5 Å². The number of ether oxygens (including phenoxy) is 1. The summed E-state index contributed by atoms with van der Waals surface area (Å²) in [6.45, 7) is 1.79. The third-order valence-corrected chi connectivity index (χ3v) is 4.36. The Kier molecular flexibility index (Phi) is 4.17. The molecule has 0 radical (unpaired) electrons. The van der Waals surface area contributed by atoms with Crippen molar-refractivity contribution in [1.82, 2.24) is 15.6 Å². The molecule has 0 saturated carbocycles. The second kappa shape index (κ2) is 6.24. The third-order valence-electron chi connectivity index (χ3n) is 3.47. The number of carbonyl (C=O) groups excluding carboxylic acids is 1. The SMILES string of the molecule is COc1ccc(-c2nc(C(=O)NC3CCNC3)cs2)cc1. The number of nitrogens with one attached hydrogen (secondary N) is 2. The Morgan fingerprint density at radius 2 is 2.24 bits per heavy atom. The lowest BCUT2D eigenvalue weighted by Gasteiger charge is -2.09. The standard InChI is InChI=1S/C15H17N3O2S/c1-20-12-4-2-10(3-5-12)15-18-13(9-21-15)14(19)17-11-6-7-16-8-11/h2-5,9,11,16H,6-8H2,1H3,(H,17,19). The Morgan fingerprint density at radius 1 is 1.43 bits per heavy atom. The van der Waals surface area contributed by atoms with Crippen LogP contribution in [0.1, 0.15) is 16.9 Å². The molecule has 1 saturated heterocycles. The number of carbonyl (C=O) groups is 1. The molecule has 2 N–H and O–H groups in total. The molecule has 110 valence electrons. The van der Waals surface area contributed by atoms with E-state index in [-0.39, 0.29) is 11.9 Å². The van der Waals surface area contributed by atoms with Crippen LogP contribution in [0.4, 0.5) is 0 Å². The molecule has 0 aliphatic carbocycles.